The molecule has 3 rings (SSSR count). The molecule has 136 valence electrons. The van der Waals surface area contributed by atoms with Crippen LogP contribution in [0.2, 0.25) is 5.02 Å². The van der Waals surface area contributed by atoms with Crippen LogP contribution in [-0.4, -0.2) is 16.7 Å². The number of ether oxygens (including phenoxy) is 1. The van der Waals surface area contributed by atoms with E-state index >= 15 is 0 Å². The average molecular weight is 380 g/mol. The zero-order valence-corrected chi connectivity index (χ0v) is 15.8. The molecule has 1 atom stereocenters. The Kier molecular flexibility index (Phi) is 5.58. The van der Waals surface area contributed by atoms with Crippen LogP contribution in [0.25, 0.3) is 11.1 Å². The van der Waals surface area contributed by atoms with E-state index in [0.717, 1.165) is 5.56 Å². The van der Waals surface area contributed by atoms with E-state index in [1.54, 1.807) is 41.4 Å². The Labute approximate surface area is 162 Å². The molecule has 0 N–H and O–H groups in total. The van der Waals surface area contributed by atoms with E-state index in [9.17, 15) is 10.1 Å². The van der Waals surface area contributed by atoms with Crippen LogP contribution in [0, 0.1) is 11.3 Å². The summed E-state index contributed by atoms with van der Waals surface area (Å²) in [5, 5.41) is 9.88. The molecule has 0 radical (unpaired) electrons. The molecule has 27 heavy (non-hydrogen) atoms. The minimum absolute atomic E-state index is 0.0716. The minimum atomic E-state index is -0.170. The highest BCUT2D eigenvalue weighted by Crippen LogP contribution is 2.33. The number of methoxy groups -OCH3 is 1. The SMILES string of the molecule is COc1cn(C(C)Cc2ccncc2)c(=O)cc1-c1cc(Cl)ccc1C#N. The van der Waals surface area contributed by atoms with E-state index in [2.05, 4.69) is 11.1 Å². The smallest absolute Gasteiger partial charge is 0.251 e. The Morgan fingerprint density at radius 3 is 2.63 bits per heavy atom. The number of nitrogens with zero attached hydrogens (tertiary/aromatic N) is 3. The van der Waals surface area contributed by atoms with Gasteiger partial charge in [-0.2, -0.15) is 5.26 Å². The first kappa shape index (κ1) is 18.7. The number of nitriles is 1. The maximum Gasteiger partial charge on any atom is 0.251 e. The lowest BCUT2D eigenvalue weighted by Crippen LogP contribution is -2.24. The maximum absolute atomic E-state index is 12.8. The van der Waals surface area contributed by atoms with Crippen LogP contribution < -0.4 is 10.3 Å². The van der Waals surface area contributed by atoms with Gasteiger partial charge in [0.1, 0.15) is 5.75 Å². The summed E-state index contributed by atoms with van der Waals surface area (Å²) in [6, 6.07) is 12.4. The third kappa shape index (κ3) is 4.02. The lowest BCUT2D eigenvalue weighted by molar-refractivity contribution is 0.404. The summed E-state index contributed by atoms with van der Waals surface area (Å²) in [5.41, 5.74) is 2.48. The summed E-state index contributed by atoms with van der Waals surface area (Å²) in [6.07, 6.45) is 5.84. The molecule has 1 aromatic carbocycles. The van der Waals surface area contributed by atoms with Crippen molar-refractivity contribution in [2.45, 2.75) is 19.4 Å². The van der Waals surface area contributed by atoms with Crippen molar-refractivity contribution in [1.29, 1.82) is 5.26 Å². The molecule has 6 heteroatoms. The lowest BCUT2D eigenvalue weighted by atomic mass is 10.00. The van der Waals surface area contributed by atoms with E-state index in [1.807, 2.05) is 19.1 Å². The molecular formula is C21H18ClN3O2. The molecular weight excluding hydrogens is 362 g/mol. The summed E-state index contributed by atoms with van der Waals surface area (Å²) >= 11 is 6.09. The predicted octanol–water partition coefficient (Wildman–Crippen LogP) is 4.25. The van der Waals surface area contributed by atoms with Gasteiger partial charge in [-0.25, -0.2) is 0 Å². The standard InChI is InChI=1S/C21H18ClN3O2/c1-14(9-15-5-7-24-8-6-15)25-13-20(27-2)19(11-21(25)26)18-10-17(22)4-3-16(18)12-23/h3-8,10-11,13-14H,9H2,1-2H3. The zero-order valence-electron chi connectivity index (χ0n) is 15.0. The fraction of sp³-hybridized carbons (Fsp3) is 0.190. The summed E-state index contributed by atoms with van der Waals surface area (Å²) in [6.45, 7) is 1.97. The number of halogens is 1. The highest BCUT2D eigenvalue weighted by atomic mass is 35.5. The van der Waals surface area contributed by atoms with E-state index < -0.39 is 0 Å². The molecule has 0 aliphatic rings. The van der Waals surface area contributed by atoms with Crippen LogP contribution in [-0.2, 0) is 6.42 Å². The Balaban J connectivity index is 2.05. The molecule has 0 saturated heterocycles. The molecule has 0 amide bonds. The molecule has 5 nitrogen and oxygen atoms in total. The summed E-state index contributed by atoms with van der Waals surface area (Å²) in [7, 11) is 1.54. The highest BCUT2D eigenvalue weighted by Gasteiger charge is 2.16. The van der Waals surface area contributed by atoms with Gasteiger partial charge in [0.15, 0.2) is 0 Å². The first-order valence-electron chi connectivity index (χ1n) is 8.42. The molecule has 2 heterocycles. The summed E-state index contributed by atoms with van der Waals surface area (Å²) < 4.78 is 7.15. The van der Waals surface area contributed by atoms with Gasteiger partial charge in [-0.1, -0.05) is 11.6 Å². The van der Waals surface area contributed by atoms with Gasteiger partial charge in [-0.3, -0.25) is 9.78 Å². The van der Waals surface area contributed by atoms with Crippen molar-refractivity contribution in [3.05, 3.63) is 81.5 Å². The fourth-order valence-corrected chi connectivity index (χ4v) is 3.21. The quantitative estimate of drug-likeness (QED) is 0.664. The molecule has 0 saturated carbocycles. The van der Waals surface area contributed by atoms with Crippen LogP contribution in [0.1, 0.15) is 24.1 Å². The van der Waals surface area contributed by atoms with Gasteiger partial charge in [0.2, 0.25) is 0 Å². The second-order valence-electron chi connectivity index (χ2n) is 6.21. The predicted molar refractivity (Wildman–Crippen MR) is 105 cm³/mol. The maximum atomic E-state index is 12.8. The molecule has 3 aromatic rings. The van der Waals surface area contributed by atoms with Gasteiger partial charge in [0.25, 0.3) is 5.56 Å². The van der Waals surface area contributed by atoms with Crippen molar-refractivity contribution in [2.75, 3.05) is 7.11 Å². The summed E-state index contributed by atoms with van der Waals surface area (Å²) in [5.74, 6) is 0.509. The third-order valence-corrected chi connectivity index (χ3v) is 4.65. The third-order valence-electron chi connectivity index (χ3n) is 4.41. The lowest BCUT2D eigenvalue weighted by Gasteiger charge is -2.18. The van der Waals surface area contributed by atoms with Crippen LogP contribution in [0.5, 0.6) is 5.75 Å². The van der Waals surface area contributed by atoms with Crippen LogP contribution in [0.15, 0.2) is 59.8 Å². The topological polar surface area (TPSA) is 67.9 Å². The number of benzene rings is 1. The van der Waals surface area contributed by atoms with Crippen LogP contribution in [0.3, 0.4) is 0 Å². The van der Waals surface area contributed by atoms with Crippen molar-refractivity contribution in [3.63, 3.8) is 0 Å². The number of aromatic nitrogens is 2. The van der Waals surface area contributed by atoms with Gasteiger partial charge in [-0.15, -0.1) is 0 Å². The molecule has 0 aliphatic carbocycles. The van der Waals surface area contributed by atoms with Gasteiger partial charge >= 0.3 is 0 Å². The molecule has 0 aliphatic heterocycles. The summed E-state index contributed by atoms with van der Waals surface area (Å²) in [4.78, 5) is 16.8. The largest absolute Gasteiger partial charge is 0.495 e. The monoisotopic (exact) mass is 379 g/mol. The highest BCUT2D eigenvalue weighted by molar-refractivity contribution is 6.31. The Morgan fingerprint density at radius 2 is 1.96 bits per heavy atom. The van der Waals surface area contributed by atoms with Crippen molar-refractivity contribution in [1.82, 2.24) is 9.55 Å². The van der Waals surface area contributed by atoms with Gasteiger partial charge in [0, 0.05) is 40.7 Å². The molecule has 0 bridgehead atoms. The van der Waals surface area contributed by atoms with Gasteiger partial charge in [-0.05, 0) is 49.2 Å². The first-order chi connectivity index (χ1) is 13.0. The van der Waals surface area contributed by atoms with Crippen LogP contribution in [0.4, 0.5) is 0 Å². The van der Waals surface area contributed by atoms with Crippen LogP contribution >= 0.6 is 11.6 Å². The van der Waals surface area contributed by atoms with E-state index in [0.29, 0.717) is 33.9 Å². The number of pyridine rings is 2. The number of hydrogen-bond acceptors (Lipinski definition) is 4. The molecule has 1 unspecified atom stereocenters. The minimum Gasteiger partial charge on any atom is -0.495 e. The molecule has 0 spiro atoms. The first-order valence-corrected chi connectivity index (χ1v) is 8.80. The second kappa shape index (κ2) is 8.07. The van der Waals surface area contributed by atoms with Crippen molar-refractivity contribution in [3.8, 4) is 22.9 Å². The molecule has 0 fully saturated rings. The second-order valence-corrected chi connectivity index (χ2v) is 6.65. The van der Waals surface area contributed by atoms with E-state index in [1.165, 1.54) is 13.2 Å². The van der Waals surface area contributed by atoms with Gasteiger partial charge in [0.05, 0.1) is 24.9 Å². The van der Waals surface area contributed by atoms with Crippen molar-refractivity contribution in [2.24, 2.45) is 0 Å². The number of hydrogen-bond donors (Lipinski definition) is 0. The van der Waals surface area contributed by atoms with E-state index in [-0.39, 0.29) is 11.6 Å². The van der Waals surface area contributed by atoms with Gasteiger partial charge < -0.3 is 9.30 Å². The Hall–Kier alpha value is -3.10. The van der Waals surface area contributed by atoms with E-state index in [4.69, 9.17) is 16.3 Å². The zero-order chi connectivity index (χ0) is 19.4. The fourth-order valence-electron chi connectivity index (χ4n) is 3.04. The normalized spacial score (nSPS) is 11.6. The van der Waals surface area contributed by atoms with Crippen molar-refractivity contribution >= 4 is 11.6 Å². The van der Waals surface area contributed by atoms with Crippen molar-refractivity contribution < 1.29 is 4.74 Å². The number of rotatable bonds is 5. The Morgan fingerprint density at radius 1 is 1.22 bits per heavy atom. The Bertz CT molecular complexity index is 1060. The molecule has 2 aromatic heterocycles. The average Bonchev–Trinajstić information content (AvgIpc) is 2.68.